The molecule has 1 heterocycles. The average Bonchev–Trinajstić information content (AvgIpc) is 3.01. The molecule has 1 amide bonds. The van der Waals surface area contributed by atoms with Crippen LogP contribution in [-0.2, 0) is 17.8 Å². The van der Waals surface area contributed by atoms with Gasteiger partial charge in [0.25, 0.3) is 5.91 Å². The molecule has 0 saturated carbocycles. The Kier molecular flexibility index (Phi) is 8.65. The zero-order valence-corrected chi connectivity index (χ0v) is 21.0. The first kappa shape index (κ1) is 24.6. The van der Waals surface area contributed by atoms with Crippen LogP contribution in [0, 0.1) is 0 Å². The molecule has 1 aliphatic heterocycles. The molecule has 1 aliphatic rings. The molecule has 2 aromatic carbocycles. The van der Waals surface area contributed by atoms with Crippen LogP contribution >= 0.6 is 47.2 Å². The largest absolute Gasteiger partial charge is 0.490 e. The third kappa shape index (κ3) is 5.67. The Morgan fingerprint density at radius 1 is 1.16 bits per heavy atom. The lowest BCUT2D eigenvalue weighted by molar-refractivity contribution is -0.121. The molecule has 0 N–H and O–H groups in total. The first-order valence-electron chi connectivity index (χ1n) is 10.1. The van der Waals surface area contributed by atoms with Crippen molar-refractivity contribution in [3.05, 3.63) is 74.6 Å². The average molecular weight is 508 g/mol. The van der Waals surface area contributed by atoms with E-state index in [9.17, 15) is 4.79 Å². The number of ether oxygens (including phenoxy) is 2. The fourth-order valence-corrected chi connectivity index (χ4v) is 5.06. The van der Waals surface area contributed by atoms with Crippen molar-refractivity contribution in [1.29, 1.82) is 0 Å². The van der Waals surface area contributed by atoms with Crippen LogP contribution in [0.4, 0.5) is 0 Å². The van der Waals surface area contributed by atoms with E-state index in [1.807, 2.05) is 38.1 Å². The fraction of sp³-hybridized carbons (Fsp3) is 0.250. The summed E-state index contributed by atoms with van der Waals surface area (Å²) in [4.78, 5) is 14.8. The van der Waals surface area contributed by atoms with Gasteiger partial charge >= 0.3 is 0 Å². The number of rotatable bonds is 9. The van der Waals surface area contributed by atoms with Crippen LogP contribution in [0.3, 0.4) is 0 Å². The molecule has 0 bridgehead atoms. The van der Waals surface area contributed by atoms with Crippen LogP contribution in [0.1, 0.15) is 30.5 Å². The maximum absolute atomic E-state index is 12.6. The number of amides is 1. The highest BCUT2D eigenvalue weighted by Gasteiger charge is 2.30. The van der Waals surface area contributed by atoms with Gasteiger partial charge in [0, 0.05) is 27.7 Å². The summed E-state index contributed by atoms with van der Waals surface area (Å²) < 4.78 is 12.6. The molecule has 168 valence electrons. The summed E-state index contributed by atoms with van der Waals surface area (Å²) in [5.74, 6) is 1.13. The van der Waals surface area contributed by atoms with Crippen LogP contribution in [0.15, 0.2) is 47.9 Å². The van der Waals surface area contributed by atoms with E-state index in [0.29, 0.717) is 50.3 Å². The summed E-state index contributed by atoms with van der Waals surface area (Å²) in [5, 5.41) is 1.11. The molecular formula is C24H23Cl2NO3S2. The minimum atomic E-state index is -0.0802. The highest BCUT2D eigenvalue weighted by atomic mass is 35.5. The van der Waals surface area contributed by atoms with E-state index in [0.717, 1.165) is 16.7 Å². The zero-order chi connectivity index (χ0) is 23.3. The smallest absolute Gasteiger partial charge is 0.266 e. The SMILES string of the molecule is C=CCc1cc(/C=C2\SC(=S)N(CC)C2=O)cc(OCC)c1OCc1ccc(Cl)cc1Cl. The number of carbonyl (C=O) groups is 1. The van der Waals surface area contributed by atoms with Crippen molar-refractivity contribution in [2.45, 2.75) is 26.9 Å². The molecule has 4 nitrogen and oxygen atoms in total. The second kappa shape index (κ2) is 11.2. The van der Waals surface area contributed by atoms with Gasteiger partial charge in [-0.25, -0.2) is 0 Å². The van der Waals surface area contributed by atoms with Crippen molar-refractivity contribution in [3.63, 3.8) is 0 Å². The van der Waals surface area contributed by atoms with E-state index >= 15 is 0 Å². The van der Waals surface area contributed by atoms with Crippen molar-refractivity contribution in [3.8, 4) is 11.5 Å². The minimum Gasteiger partial charge on any atom is -0.490 e. The first-order chi connectivity index (χ1) is 15.4. The molecule has 0 aliphatic carbocycles. The standard InChI is InChI=1S/C24H23Cl2NO3S2/c1-4-7-16-10-15(12-21-23(28)27(5-2)24(31)32-21)11-20(29-6-3)22(16)30-14-17-8-9-18(25)13-19(17)26/h4,8-13H,1,5-7,14H2,2-3H3/b21-12-. The summed E-state index contributed by atoms with van der Waals surface area (Å²) in [7, 11) is 0. The fourth-order valence-electron chi connectivity index (χ4n) is 3.21. The molecule has 0 aromatic heterocycles. The number of allylic oxidation sites excluding steroid dienone is 1. The van der Waals surface area contributed by atoms with E-state index in [-0.39, 0.29) is 12.5 Å². The maximum Gasteiger partial charge on any atom is 0.266 e. The lowest BCUT2D eigenvalue weighted by Gasteiger charge is -2.17. The zero-order valence-electron chi connectivity index (χ0n) is 17.8. The molecule has 32 heavy (non-hydrogen) atoms. The normalized spacial score (nSPS) is 14.9. The molecule has 3 rings (SSSR count). The summed E-state index contributed by atoms with van der Waals surface area (Å²) in [6.45, 7) is 8.95. The number of thiocarbonyl (C=S) groups is 1. The van der Waals surface area contributed by atoms with Crippen molar-refractivity contribution in [2.24, 2.45) is 0 Å². The Morgan fingerprint density at radius 3 is 2.56 bits per heavy atom. The number of nitrogens with zero attached hydrogens (tertiary/aromatic N) is 1. The van der Waals surface area contributed by atoms with Gasteiger partial charge in [0.2, 0.25) is 0 Å². The van der Waals surface area contributed by atoms with Gasteiger partial charge in [-0.05, 0) is 56.2 Å². The van der Waals surface area contributed by atoms with Crippen LogP contribution in [0.5, 0.6) is 11.5 Å². The van der Waals surface area contributed by atoms with Gasteiger partial charge in [0.05, 0.1) is 11.5 Å². The summed E-state index contributed by atoms with van der Waals surface area (Å²) >= 11 is 18.9. The van der Waals surface area contributed by atoms with E-state index in [1.54, 1.807) is 23.1 Å². The predicted molar refractivity (Wildman–Crippen MR) is 138 cm³/mol. The minimum absolute atomic E-state index is 0.0802. The summed E-state index contributed by atoms with van der Waals surface area (Å²) in [6.07, 6.45) is 4.21. The lowest BCUT2D eigenvalue weighted by atomic mass is 10.0. The Morgan fingerprint density at radius 2 is 1.94 bits per heavy atom. The molecule has 2 aromatic rings. The number of benzene rings is 2. The van der Waals surface area contributed by atoms with E-state index < -0.39 is 0 Å². The maximum atomic E-state index is 12.6. The van der Waals surface area contributed by atoms with Gasteiger partial charge in [0.1, 0.15) is 10.9 Å². The third-order valence-corrected chi connectivity index (χ3v) is 6.66. The van der Waals surface area contributed by atoms with Gasteiger partial charge in [-0.3, -0.25) is 9.69 Å². The third-order valence-electron chi connectivity index (χ3n) is 4.69. The predicted octanol–water partition coefficient (Wildman–Crippen LogP) is 6.92. The van der Waals surface area contributed by atoms with Crippen LogP contribution in [-0.4, -0.2) is 28.3 Å². The van der Waals surface area contributed by atoms with Gasteiger partial charge in [-0.2, -0.15) is 0 Å². The highest BCUT2D eigenvalue weighted by molar-refractivity contribution is 8.26. The van der Waals surface area contributed by atoms with E-state index in [4.69, 9.17) is 44.9 Å². The van der Waals surface area contributed by atoms with Crippen molar-refractivity contribution >= 4 is 63.5 Å². The van der Waals surface area contributed by atoms with E-state index in [2.05, 4.69) is 6.58 Å². The molecule has 0 spiro atoms. The van der Waals surface area contributed by atoms with Gasteiger partial charge < -0.3 is 9.47 Å². The quantitative estimate of drug-likeness (QED) is 0.209. The van der Waals surface area contributed by atoms with Crippen molar-refractivity contribution in [1.82, 2.24) is 4.90 Å². The first-order valence-corrected chi connectivity index (χ1v) is 12.1. The van der Waals surface area contributed by atoms with E-state index in [1.165, 1.54) is 11.8 Å². The second-order valence-electron chi connectivity index (χ2n) is 6.88. The number of hydrogen-bond donors (Lipinski definition) is 0. The van der Waals surface area contributed by atoms with Gasteiger partial charge in [-0.1, -0.05) is 59.3 Å². The molecule has 1 fully saturated rings. The number of carbonyl (C=O) groups excluding carboxylic acids is 1. The van der Waals surface area contributed by atoms with Crippen LogP contribution < -0.4 is 9.47 Å². The number of halogens is 2. The molecule has 0 atom stereocenters. The molecular weight excluding hydrogens is 485 g/mol. The second-order valence-corrected chi connectivity index (χ2v) is 9.40. The summed E-state index contributed by atoms with van der Waals surface area (Å²) in [6, 6.07) is 9.14. The topological polar surface area (TPSA) is 38.8 Å². The monoisotopic (exact) mass is 507 g/mol. The highest BCUT2D eigenvalue weighted by Crippen LogP contribution is 2.38. The Bertz CT molecular complexity index is 1090. The molecule has 0 radical (unpaired) electrons. The number of thioether (sulfide) groups is 1. The summed E-state index contributed by atoms with van der Waals surface area (Å²) in [5.41, 5.74) is 2.54. The van der Waals surface area contributed by atoms with Crippen molar-refractivity contribution in [2.75, 3.05) is 13.2 Å². The molecule has 0 unspecified atom stereocenters. The van der Waals surface area contributed by atoms with Crippen LogP contribution in [0.25, 0.3) is 6.08 Å². The Balaban J connectivity index is 1.97. The molecule has 8 heteroatoms. The molecule has 1 saturated heterocycles. The Hall–Kier alpha value is -1.99. The van der Waals surface area contributed by atoms with Crippen LogP contribution in [0.2, 0.25) is 10.0 Å². The number of likely N-dealkylation sites (N-methyl/N-ethyl adjacent to an activating group) is 1. The lowest BCUT2D eigenvalue weighted by Crippen LogP contribution is -2.27. The van der Waals surface area contributed by atoms with Gasteiger partial charge in [-0.15, -0.1) is 6.58 Å². The van der Waals surface area contributed by atoms with Crippen molar-refractivity contribution < 1.29 is 14.3 Å². The number of hydrogen-bond acceptors (Lipinski definition) is 5. The Labute approximate surface area is 208 Å². The van der Waals surface area contributed by atoms with Gasteiger partial charge in [0.15, 0.2) is 11.5 Å².